The largest absolute Gasteiger partial charge is 0.440 e. The number of benzene rings is 3. The first-order chi connectivity index (χ1) is 16.5. The molecule has 0 radical (unpaired) electrons. The molecule has 1 aromatic heterocycles. The summed E-state index contributed by atoms with van der Waals surface area (Å²) in [4.78, 5) is 29.2. The van der Waals surface area contributed by atoms with Crippen LogP contribution in [0.1, 0.15) is 41.3 Å². The highest BCUT2D eigenvalue weighted by Crippen LogP contribution is 2.46. The Labute approximate surface area is 198 Å². The lowest BCUT2D eigenvalue weighted by molar-refractivity contribution is -0.137. The molecule has 0 saturated heterocycles. The van der Waals surface area contributed by atoms with Gasteiger partial charge in [0.1, 0.15) is 0 Å². The minimum atomic E-state index is -1.46. The van der Waals surface area contributed by atoms with E-state index in [0.29, 0.717) is 12.1 Å². The molecule has 1 aliphatic rings. The number of nitrogens with zero attached hydrogens (tertiary/aromatic N) is 3. The lowest BCUT2D eigenvalue weighted by Gasteiger charge is -2.29. The Hall–Kier alpha value is -3.93. The van der Waals surface area contributed by atoms with Gasteiger partial charge in [-0.2, -0.15) is 5.10 Å². The molecule has 0 aliphatic carbocycles. The van der Waals surface area contributed by atoms with Gasteiger partial charge in [0.15, 0.2) is 0 Å². The summed E-state index contributed by atoms with van der Waals surface area (Å²) in [5, 5.41) is 5.34. The van der Waals surface area contributed by atoms with Crippen molar-refractivity contribution in [2.75, 3.05) is 11.4 Å². The maximum atomic E-state index is 14.1. The SMILES string of the molecule is CCCCN1C(=O)C(Cc2cccc3c2cnn3C)(OC(=O)c2ccccc2)c2ccccc21. The molecule has 0 fully saturated rings. The van der Waals surface area contributed by atoms with Gasteiger partial charge in [0.05, 0.1) is 23.0 Å². The summed E-state index contributed by atoms with van der Waals surface area (Å²) in [5.74, 6) is -0.716. The van der Waals surface area contributed by atoms with Crippen LogP contribution in [0.4, 0.5) is 5.69 Å². The summed E-state index contributed by atoms with van der Waals surface area (Å²) < 4.78 is 8.04. The summed E-state index contributed by atoms with van der Waals surface area (Å²) >= 11 is 0. The highest BCUT2D eigenvalue weighted by molar-refractivity contribution is 6.09. The maximum absolute atomic E-state index is 14.1. The van der Waals surface area contributed by atoms with E-state index in [4.69, 9.17) is 4.74 Å². The number of anilines is 1. The molecule has 6 nitrogen and oxygen atoms in total. The Balaban J connectivity index is 1.66. The van der Waals surface area contributed by atoms with E-state index in [-0.39, 0.29) is 12.3 Å². The predicted molar refractivity (Wildman–Crippen MR) is 132 cm³/mol. The molecule has 1 aliphatic heterocycles. The standard InChI is InChI=1S/C28H27N3O3/c1-3-4-17-31-25-15-9-8-14-23(25)28(27(31)33,34-26(32)20-11-6-5-7-12-20)18-21-13-10-16-24-22(21)19-29-30(24)2/h5-16,19H,3-4,17-18H2,1-2H3. The van der Waals surface area contributed by atoms with Crippen molar-refractivity contribution < 1.29 is 14.3 Å². The number of hydrogen-bond acceptors (Lipinski definition) is 4. The van der Waals surface area contributed by atoms with Crippen LogP contribution in [-0.2, 0) is 28.6 Å². The van der Waals surface area contributed by atoms with Crippen molar-refractivity contribution in [2.24, 2.45) is 7.05 Å². The fraction of sp³-hybridized carbons (Fsp3) is 0.250. The third kappa shape index (κ3) is 3.55. The second-order valence-electron chi connectivity index (χ2n) is 8.70. The molecule has 172 valence electrons. The van der Waals surface area contributed by atoms with Gasteiger partial charge in [-0.15, -0.1) is 0 Å². The van der Waals surface area contributed by atoms with E-state index in [0.717, 1.165) is 40.6 Å². The van der Waals surface area contributed by atoms with Crippen LogP contribution in [0.2, 0.25) is 0 Å². The molecule has 4 aromatic rings. The highest BCUT2D eigenvalue weighted by atomic mass is 16.6. The Kier molecular flexibility index (Phi) is 5.65. The zero-order valence-corrected chi connectivity index (χ0v) is 19.4. The third-order valence-electron chi connectivity index (χ3n) is 6.55. The normalized spacial score (nSPS) is 17.2. The van der Waals surface area contributed by atoms with Gasteiger partial charge in [-0.05, 0) is 36.2 Å². The van der Waals surface area contributed by atoms with E-state index < -0.39 is 11.6 Å². The van der Waals surface area contributed by atoms with Crippen LogP contribution in [0.25, 0.3) is 10.9 Å². The van der Waals surface area contributed by atoms with Crippen molar-refractivity contribution in [3.8, 4) is 0 Å². The fourth-order valence-electron chi connectivity index (χ4n) is 4.79. The molecule has 0 N–H and O–H groups in total. The van der Waals surface area contributed by atoms with Gasteiger partial charge in [0, 0.05) is 31.0 Å². The summed E-state index contributed by atoms with van der Waals surface area (Å²) in [5.41, 5.74) is 2.36. The number of aromatic nitrogens is 2. The van der Waals surface area contributed by atoms with E-state index in [2.05, 4.69) is 12.0 Å². The topological polar surface area (TPSA) is 64.4 Å². The third-order valence-corrected chi connectivity index (χ3v) is 6.55. The first-order valence-corrected chi connectivity index (χ1v) is 11.6. The van der Waals surface area contributed by atoms with Crippen molar-refractivity contribution in [1.29, 1.82) is 0 Å². The van der Waals surface area contributed by atoms with Gasteiger partial charge < -0.3 is 9.64 Å². The number of hydrogen-bond donors (Lipinski definition) is 0. The van der Waals surface area contributed by atoms with Gasteiger partial charge in [0.2, 0.25) is 5.60 Å². The predicted octanol–water partition coefficient (Wildman–Crippen LogP) is 5.02. The van der Waals surface area contributed by atoms with Gasteiger partial charge in [0.25, 0.3) is 5.91 Å². The molecule has 2 heterocycles. The Bertz CT molecular complexity index is 1360. The number of carbonyl (C=O) groups is 2. The Morgan fingerprint density at radius 1 is 1.00 bits per heavy atom. The lowest BCUT2D eigenvalue weighted by atomic mass is 9.86. The van der Waals surface area contributed by atoms with Crippen molar-refractivity contribution in [1.82, 2.24) is 9.78 Å². The molecule has 3 aromatic carbocycles. The van der Waals surface area contributed by atoms with Crippen LogP contribution < -0.4 is 4.90 Å². The van der Waals surface area contributed by atoms with Gasteiger partial charge >= 0.3 is 5.97 Å². The molecule has 1 unspecified atom stereocenters. The number of unbranched alkanes of at least 4 members (excludes halogenated alkanes) is 1. The number of carbonyl (C=O) groups excluding carboxylic acids is 2. The minimum absolute atomic E-state index is 0.202. The number of aryl methyl sites for hydroxylation is 1. The number of fused-ring (bicyclic) bond motifs is 2. The van der Waals surface area contributed by atoms with Crippen LogP contribution in [0, 0.1) is 0 Å². The quantitative estimate of drug-likeness (QED) is 0.369. The zero-order valence-electron chi connectivity index (χ0n) is 19.4. The van der Waals surface area contributed by atoms with Crippen LogP contribution >= 0.6 is 0 Å². The second kappa shape index (κ2) is 8.78. The summed E-state index contributed by atoms with van der Waals surface area (Å²) in [7, 11) is 1.89. The summed E-state index contributed by atoms with van der Waals surface area (Å²) in [6, 6.07) is 22.4. The molecule has 1 amide bonds. The smallest absolute Gasteiger partial charge is 0.339 e. The van der Waals surface area contributed by atoms with Crippen molar-refractivity contribution in [3.63, 3.8) is 0 Å². The summed E-state index contributed by atoms with van der Waals surface area (Å²) in [6.45, 7) is 2.67. The van der Waals surface area contributed by atoms with E-state index in [1.165, 1.54) is 0 Å². The van der Waals surface area contributed by atoms with Crippen LogP contribution in [-0.4, -0.2) is 28.2 Å². The highest BCUT2D eigenvalue weighted by Gasteiger charge is 2.54. The van der Waals surface area contributed by atoms with Crippen molar-refractivity contribution >= 4 is 28.5 Å². The van der Waals surface area contributed by atoms with Crippen LogP contribution in [0.15, 0.2) is 79.0 Å². The van der Waals surface area contributed by atoms with Crippen LogP contribution in [0.5, 0.6) is 0 Å². The average Bonchev–Trinajstić information content (AvgIpc) is 3.35. The monoisotopic (exact) mass is 453 g/mol. The van der Waals surface area contributed by atoms with Crippen molar-refractivity contribution in [3.05, 3.63) is 95.7 Å². The molecule has 34 heavy (non-hydrogen) atoms. The van der Waals surface area contributed by atoms with E-state index >= 15 is 0 Å². The number of ether oxygens (including phenoxy) is 1. The average molecular weight is 454 g/mol. The molecule has 5 rings (SSSR count). The first-order valence-electron chi connectivity index (χ1n) is 11.6. The number of amides is 1. The number of para-hydroxylation sites is 1. The van der Waals surface area contributed by atoms with Crippen LogP contribution in [0.3, 0.4) is 0 Å². The molecule has 6 heteroatoms. The van der Waals surface area contributed by atoms with Gasteiger partial charge in [-0.1, -0.05) is 61.9 Å². The van der Waals surface area contributed by atoms with E-state index in [1.807, 2.05) is 55.6 Å². The molecule has 0 spiro atoms. The van der Waals surface area contributed by atoms with Gasteiger partial charge in [-0.3, -0.25) is 9.48 Å². The molecular formula is C28H27N3O3. The van der Waals surface area contributed by atoms with Gasteiger partial charge in [-0.25, -0.2) is 4.79 Å². The first kappa shape index (κ1) is 21.9. The Morgan fingerprint density at radius 3 is 2.56 bits per heavy atom. The summed E-state index contributed by atoms with van der Waals surface area (Å²) in [6.07, 6.45) is 3.85. The lowest BCUT2D eigenvalue weighted by Crippen LogP contribution is -2.45. The molecule has 1 atom stereocenters. The maximum Gasteiger partial charge on any atom is 0.339 e. The number of rotatable bonds is 7. The Morgan fingerprint density at radius 2 is 1.76 bits per heavy atom. The van der Waals surface area contributed by atoms with Crippen molar-refractivity contribution in [2.45, 2.75) is 31.8 Å². The molecule has 0 saturated carbocycles. The molecule has 0 bridgehead atoms. The second-order valence-corrected chi connectivity index (χ2v) is 8.70. The number of esters is 1. The minimum Gasteiger partial charge on any atom is -0.440 e. The van der Waals surface area contributed by atoms with E-state index in [9.17, 15) is 9.59 Å². The van der Waals surface area contributed by atoms with E-state index in [1.54, 1.807) is 40.0 Å². The fourth-order valence-corrected chi connectivity index (χ4v) is 4.79. The zero-order chi connectivity index (χ0) is 23.7. The molecular weight excluding hydrogens is 426 g/mol.